The molecule has 2 aliphatic rings. The summed E-state index contributed by atoms with van der Waals surface area (Å²) in [6.45, 7) is 22.2. The SMILES string of the molecule is CCC(C)(C)CC(=O)ON1C(=O)C(C)(C)C(C)(C)C1=O.CCC(C)(C)CC(=O)ON1C(=O)CC(C)(C)CC1=O. The van der Waals surface area contributed by atoms with Crippen LogP contribution in [0.2, 0.25) is 0 Å². The van der Waals surface area contributed by atoms with Crippen LogP contribution < -0.4 is 0 Å². The Kier molecular flexibility index (Phi) is 10.3. The van der Waals surface area contributed by atoms with E-state index in [2.05, 4.69) is 0 Å². The second-order valence-electron chi connectivity index (χ2n) is 14.1. The van der Waals surface area contributed by atoms with Crippen LogP contribution in [0.3, 0.4) is 0 Å². The Balaban J connectivity index is 0.000000391. The van der Waals surface area contributed by atoms with Crippen molar-refractivity contribution in [2.24, 2.45) is 27.1 Å². The van der Waals surface area contributed by atoms with Gasteiger partial charge in [-0.1, -0.05) is 68.2 Å². The van der Waals surface area contributed by atoms with Gasteiger partial charge in [0, 0.05) is 12.8 Å². The first-order chi connectivity index (χ1) is 17.4. The number of hydrogen-bond acceptors (Lipinski definition) is 8. The zero-order chi connectivity index (χ0) is 30.8. The summed E-state index contributed by atoms with van der Waals surface area (Å²) >= 11 is 0. The third-order valence-corrected chi connectivity index (χ3v) is 8.26. The minimum atomic E-state index is -0.884. The van der Waals surface area contributed by atoms with Gasteiger partial charge < -0.3 is 9.68 Å². The maximum Gasteiger partial charge on any atom is 0.333 e. The second kappa shape index (κ2) is 11.8. The molecule has 2 aliphatic heterocycles. The first-order valence-electron chi connectivity index (χ1n) is 13.6. The van der Waals surface area contributed by atoms with Crippen molar-refractivity contribution < 1.29 is 38.4 Å². The Hall–Kier alpha value is -2.78. The predicted octanol–water partition coefficient (Wildman–Crippen LogP) is 5.14. The molecule has 2 fully saturated rings. The number of piperidine rings is 1. The number of hydrogen-bond donors (Lipinski definition) is 0. The minimum absolute atomic E-state index is 0.168. The van der Waals surface area contributed by atoms with E-state index in [1.165, 1.54) is 0 Å². The summed E-state index contributed by atoms with van der Waals surface area (Å²) in [5, 5.41) is 1.29. The average molecular weight is 553 g/mol. The number of nitrogens with zero attached hydrogens (tertiary/aromatic N) is 2. The zero-order valence-corrected chi connectivity index (χ0v) is 25.9. The van der Waals surface area contributed by atoms with Crippen LogP contribution in [0.4, 0.5) is 0 Å². The normalized spacial score (nSPS) is 20.4. The first kappa shape index (κ1) is 34.2. The van der Waals surface area contributed by atoms with Gasteiger partial charge in [0.1, 0.15) is 0 Å². The highest BCUT2D eigenvalue weighted by atomic mass is 16.7. The summed E-state index contributed by atoms with van der Waals surface area (Å²) in [5.41, 5.74) is -2.54. The summed E-state index contributed by atoms with van der Waals surface area (Å²) in [6, 6.07) is 0. The molecule has 0 aromatic carbocycles. The monoisotopic (exact) mass is 552 g/mol. The van der Waals surface area contributed by atoms with Gasteiger partial charge in [-0.25, -0.2) is 9.59 Å². The molecule has 0 aromatic rings. The Labute approximate surface area is 233 Å². The molecule has 0 unspecified atom stereocenters. The molecule has 39 heavy (non-hydrogen) atoms. The quantitative estimate of drug-likeness (QED) is 0.379. The van der Waals surface area contributed by atoms with Crippen LogP contribution in [0.1, 0.15) is 122 Å². The fraction of sp³-hybridized carbons (Fsp3) is 0.793. The van der Waals surface area contributed by atoms with Crippen molar-refractivity contribution in [1.29, 1.82) is 0 Å². The fourth-order valence-corrected chi connectivity index (χ4v) is 3.78. The van der Waals surface area contributed by atoms with Gasteiger partial charge in [0.2, 0.25) is 0 Å². The van der Waals surface area contributed by atoms with Crippen molar-refractivity contribution in [2.45, 2.75) is 122 Å². The van der Waals surface area contributed by atoms with Crippen LogP contribution >= 0.6 is 0 Å². The topological polar surface area (TPSA) is 127 Å². The molecule has 0 aliphatic carbocycles. The van der Waals surface area contributed by atoms with E-state index in [0.29, 0.717) is 10.1 Å². The molecule has 0 spiro atoms. The molecule has 10 heteroatoms. The highest BCUT2D eigenvalue weighted by molar-refractivity contribution is 6.08. The Morgan fingerprint density at radius 2 is 0.974 bits per heavy atom. The smallest absolute Gasteiger partial charge is 0.330 e. The molecule has 0 radical (unpaired) electrons. The Morgan fingerprint density at radius 1 is 0.667 bits per heavy atom. The zero-order valence-electron chi connectivity index (χ0n) is 25.9. The Morgan fingerprint density at radius 3 is 1.28 bits per heavy atom. The lowest BCUT2D eigenvalue weighted by atomic mass is 9.70. The van der Waals surface area contributed by atoms with Crippen LogP contribution in [0, 0.1) is 27.1 Å². The molecule has 0 saturated carbocycles. The first-order valence-corrected chi connectivity index (χ1v) is 13.6. The van der Waals surface area contributed by atoms with Crippen LogP contribution in [-0.4, -0.2) is 45.7 Å². The highest BCUT2D eigenvalue weighted by Gasteiger charge is 2.61. The molecular formula is C29H48N2O8. The summed E-state index contributed by atoms with van der Waals surface area (Å²) < 4.78 is 0. The molecular weight excluding hydrogens is 504 g/mol. The van der Waals surface area contributed by atoms with E-state index in [0.717, 1.165) is 12.8 Å². The second-order valence-corrected chi connectivity index (χ2v) is 14.1. The number of rotatable bonds is 8. The molecule has 0 atom stereocenters. The molecule has 4 amide bonds. The average Bonchev–Trinajstić information content (AvgIpc) is 2.88. The maximum atomic E-state index is 12.3. The highest BCUT2D eigenvalue weighted by Crippen LogP contribution is 2.47. The third-order valence-electron chi connectivity index (χ3n) is 8.26. The lowest BCUT2D eigenvalue weighted by Crippen LogP contribution is -2.47. The summed E-state index contributed by atoms with van der Waals surface area (Å²) in [7, 11) is 0. The van der Waals surface area contributed by atoms with Gasteiger partial charge in [-0.15, -0.1) is 10.1 Å². The van der Waals surface area contributed by atoms with Gasteiger partial charge in [-0.3, -0.25) is 19.2 Å². The fourth-order valence-electron chi connectivity index (χ4n) is 3.78. The van der Waals surface area contributed by atoms with Crippen molar-refractivity contribution >= 4 is 35.6 Å². The van der Waals surface area contributed by atoms with Gasteiger partial charge in [-0.2, -0.15) is 0 Å². The van der Waals surface area contributed by atoms with Crippen LogP contribution in [-0.2, 0) is 38.4 Å². The van der Waals surface area contributed by atoms with Gasteiger partial charge >= 0.3 is 11.9 Å². The van der Waals surface area contributed by atoms with E-state index in [1.54, 1.807) is 27.7 Å². The van der Waals surface area contributed by atoms with Crippen molar-refractivity contribution in [2.75, 3.05) is 0 Å². The lowest BCUT2D eigenvalue weighted by molar-refractivity contribution is -0.210. The third kappa shape index (κ3) is 8.35. The standard InChI is InChI=1S/C15H25NO4.C14H23NO4/c1-8-13(2,3)9-10(17)20-16-11(18)14(4,5)15(6,7)12(16)19;1-6-13(2,3)9-12(18)19-15-10(16)7-14(4,5)8-11(15)17/h8-9H2,1-7H3;6-9H2,1-5H3. The van der Waals surface area contributed by atoms with E-state index in [9.17, 15) is 28.8 Å². The molecule has 2 heterocycles. The molecule has 0 aromatic heterocycles. The predicted molar refractivity (Wildman–Crippen MR) is 144 cm³/mol. The van der Waals surface area contributed by atoms with Crippen LogP contribution in [0.15, 0.2) is 0 Å². The van der Waals surface area contributed by atoms with Crippen molar-refractivity contribution in [3.63, 3.8) is 0 Å². The van der Waals surface area contributed by atoms with Crippen LogP contribution in [0.25, 0.3) is 0 Å². The molecule has 2 saturated heterocycles. The van der Waals surface area contributed by atoms with Gasteiger partial charge in [0.15, 0.2) is 0 Å². The molecule has 222 valence electrons. The van der Waals surface area contributed by atoms with Gasteiger partial charge in [0.25, 0.3) is 23.6 Å². The number of hydroxylamine groups is 4. The number of carbonyl (C=O) groups excluding carboxylic acids is 6. The molecule has 10 nitrogen and oxygen atoms in total. The lowest BCUT2D eigenvalue weighted by Gasteiger charge is -2.33. The maximum absolute atomic E-state index is 12.3. The van der Waals surface area contributed by atoms with Gasteiger partial charge in [0.05, 0.1) is 23.7 Å². The largest absolute Gasteiger partial charge is 0.333 e. The van der Waals surface area contributed by atoms with Crippen molar-refractivity contribution in [3.8, 4) is 0 Å². The van der Waals surface area contributed by atoms with E-state index in [4.69, 9.17) is 9.68 Å². The minimum Gasteiger partial charge on any atom is -0.330 e. The Bertz CT molecular complexity index is 961. The number of amides is 4. The van der Waals surface area contributed by atoms with Gasteiger partial charge in [-0.05, 0) is 43.9 Å². The molecule has 2 rings (SSSR count). The molecule has 0 N–H and O–H groups in total. The van der Waals surface area contributed by atoms with Crippen LogP contribution in [0.5, 0.6) is 0 Å². The summed E-state index contributed by atoms with van der Waals surface area (Å²) in [5.74, 6) is -2.89. The number of carbonyl (C=O) groups is 6. The van der Waals surface area contributed by atoms with E-state index < -0.39 is 46.4 Å². The van der Waals surface area contributed by atoms with Crippen molar-refractivity contribution in [1.82, 2.24) is 10.1 Å². The summed E-state index contributed by atoms with van der Waals surface area (Å²) in [6.07, 6.45) is 2.40. The van der Waals surface area contributed by atoms with E-state index in [1.807, 2.05) is 55.4 Å². The van der Waals surface area contributed by atoms with Crippen molar-refractivity contribution in [3.05, 3.63) is 0 Å². The number of imide groups is 2. The van der Waals surface area contributed by atoms with E-state index >= 15 is 0 Å². The summed E-state index contributed by atoms with van der Waals surface area (Å²) in [4.78, 5) is 81.8. The van der Waals surface area contributed by atoms with E-state index in [-0.39, 0.29) is 41.9 Å². The molecule has 0 bridgehead atoms.